The molecule has 0 heterocycles. The van der Waals surface area contributed by atoms with Gasteiger partial charge in [0.1, 0.15) is 0 Å². The SMILES string of the molecule is [C-]#[N+]c1ccc(C(=O)OC(C(=O)NCc2ccccc2)C(C)C)cc1. The topological polar surface area (TPSA) is 59.8 Å². The second-order valence-corrected chi connectivity index (χ2v) is 5.93. The van der Waals surface area contributed by atoms with Crippen LogP contribution in [-0.2, 0) is 16.1 Å². The highest BCUT2D eigenvalue weighted by molar-refractivity contribution is 5.92. The highest BCUT2D eigenvalue weighted by atomic mass is 16.5. The van der Waals surface area contributed by atoms with Gasteiger partial charge in [-0.1, -0.05) is 68.4 Å². The lowest BCUT2D eigenvalue weighted by Crippen LogP contribution is -2.40. The van der Waals surface area contributed by atoms with Crippen LogP contribution in [0.3, 0.4) is 0 Å². The third-order valence-electron chi connectivity index (χ3n) is 3.64. The first-order chi connectivity index (χ1) is 12.0. The maximum absolute atomic E-state index is 12.4. The Balaban J connectivity index is 2.00. The highest BCUT2D eigenvalue weighted by Crippen LogP contribution is 2.16. The van der Waals surface area contributed by atoms with Gasteiger partial charge in [-0.2, -0.15) is 0 Å². The lowest BCUT2D eigenvalue weighted by Gasteiger charge is -2.21. The monoisotopic (exact) mass is 336 g/mol. The van der Waals surface area contributed by atoms with Crippen molar-refractivity contribution in [1.82, 2.24) is 5.32 Å². The first-order valence-corrected chi connectivity index (χ1v) is 8.01. The molecule has 1 N–H and O–H groups in total. The molecule has 1 amide bonds. The molecule has 0 bridgehead atoms. The number of nitrogens with zero attached hydrogens (tertiary/aromatic N) is 1. The minimum atomic E-state index is -0.878. The smallest absolute Gasteiger partial charge is 0.338 e. The van der Waals surface area contributed by atoms with Gasteiger partial charge >= 0.3 is 5.97 Å². The second-order valence-electron chi connectivity index (χ2n) is 5.93. The van der Waals surface area contributed by atoms with E-state index in [9.17, 15) is 9.59 Å². The standard InChI is InChI=1S/C20H20N2O3/c1-14(2)18(19(23)22-13-15-7-5-4-6-8-15)25-20(24)16-9-11-17(21-3)12-10-16/h4-12,14,18H,13H2,1-2H3,(H,22,23). The molecule has 0 aromatic heterocycles. The van der Waals surface area contributed by atoms with E-state index in [0.717, 1.165) is 5.56 Å². The number of amides is 1. The van der Waals surface area contributed by atoms with Gasteiger partial charge in [-0.05, 0) is 11.5 Å². The zero-order valence-corrected chi connectivity index (χ0v) is 14.2. The van der Waals surface area contributed by atoms with Gasteiger partial charge in [0.05, 0.1) is 12.1 Å². The third kappa shape index (κ3) is 5.18. The van der Waals surface area contributed by atoms with Crippen molar-refractivity contribution < 1.29 is 14.3 Å². The van der Waals surface area contributed by atoms with Crippen molar-refractivity contribution in [2.75, 3.05) is 0 Å². The van der Waals surface area contributed by atoms with Gasteiger partial charge in [0.15, 0.2) is 11.8 Å². The van der Waals surface area contributed by atoms with Gasteiger partial charge < -0.3 is 10.1 Å². The van der Waals surface area contributed by atoms with Crippen molar-refractivity contribution in [1.29, 1.82) is 0 Å². The molecule has 0 saturated carbocycles. The van der Waals surface area contributed by atoms with E-state index >= 15 is 0 Å². The lowest BCUT2D eigenvalue weighted by atomic mass is 10.1. The van der Waals surface area contributed by atoms with Gasteiger partial charge in [0, 0.05) is 6.54 Å². The minimum Gasteiger partial charge on any atom is -0.448 e. The van der Waals surface area contributed by atoms with E-state index in [1.807, 2.05) is 44.2 Å². The third-order valence-corrected chi connectivity index (χ3v) is 3.64. The Morgan fingerprint density at radius 3 is 2.28 bits per heavy atom. The number of ether oxygens (including phenoxy) is 1. The van der Waals surface area contributed by atoms with Crippen LogP contribution >= 0.6 is 0 Å². The Labute approximate surface area is 147 Å². The zero-order chi connectivity index (χ0) is 18.2. The number of nitrogens with one attached hydrogen (secondary N) is 1. The fourth-order valence-corrected chi connectivity index (χ4v) is 2.23. The molecule has 0 aliphatic rings. The number of hydrogen-bond donors (Lipinski definition) is 1. The largest absolute Gasteiger partial charge is 0.448 e. The quantitative estimate of drug-likeness (QED) is 0.646. The van der Waals surface area contributed by atoms with Gasteiger partial charge in [0.25, 0.3) is 5.91 Å². The van der Waals surface area contributed by atoms with Gasteiger partial charge in [-0.3, -0.25) is 4.79 Å². The number of benzene rings is 2. The van der Waals surface area contributed by atoms with Crippen LogP contribution in [0.5, 0.6) is 0 Å². The fourth-order valence-electron chi connectivity index (χ4n) is 2.23. The van der Waals surface area contributed by atoms with Gasteiger partial charge in [-0.15, -0.1) is 0 Å². The molecular weight excluding hydrogens is 316 g/mol. The summed E-state index contributed by atoms with van der Waals surface area (Å²) in [5.41, 5.74) is 1.73. The van der Waals surface area contributed by atoms with E-state index in [-0.39, 0.29) is 11.8 Å². The molecule has 128 valence electrons. The van der Waals surface area contributed by atoms with Crippen LogP contribution in [0.25, 0.3) is 4.85 Å². The van der Waals surface area contributed by atoms with Crippen molar-refractivity contribution in [3.63, 3.8) is 0 Å². The van der Waals surface area contributed by atoms with Crippen LogP contribution < -0.4 is 5.32 Å². The summed E-state index contributed by atoms with van der Waals surface area (Å²) in [6.45, 7) is 10.9. The number of carbonyl (C=O) groups is 2. The molecule has 25 heavy (non-hydrogen) atoms. The number of hydrogen-bond acceptors (Lipinski definition) is 3. The minimum absolute atomic E-state index is 0.165. The van der Waals surface area contributed by atoms with Crippen LogP contribution in [-0.4, -0.2) is 18.0 Å². The normalized spacial score (nSPS) is 11.4. The van der Waals surface area contributed by atoms with Crippen LogP contribution in [0.1, 0.15) is 29.8 Å². The molecule has 0 aliphatic carbocycles. The lowest BCUT2D eigenvalue weighted by molar-refractivity contribution is -0.132. The first kappa shape index (κ1) is 18.2. The van der Waals surface area contributed by atoms with Crippen LogP contribution in [0, 0.1) is 12.5 Å². The first-order valence-electron chi connectivity index (χ1n) is 8.01. The average molecular weight is 336 g/mol. The predicted octanol–water partition coefficient (Wildman–Crippen LogP) is 3.74. The Morgan fingerprint density at radius 2 is 1.72 bits per heavy atom. The molecule has 0 fully saturated rings. The number of esters is 1. The van der Waals surface area contributed by atoms with Crippen molar-refractivity contribution >= 4 is 17.6 Å². The summed E-state index contributed by atoms with van der Waals surface area (Å²) in [6, 6.07) is 15.7. The van der Waals surface area contributed by atoms with E-state index in [1.54, 1.807) is 12.1 Å². The molecule has 2 aromatic rings. The molecule has 5 nitrogen and oxygen atoms in total. The van der Waals surface area contributed by atoms with Crippen molar-refractivity contribution in [3.8, 4) is 0 Å². The second kappa shape index (κ2) is 8.65. The van der Waals surface area contributed by atoms with Crippen molar-refractivity contribution in [2.45, 2.75) is 26.5 Å². The van der Waals surface area contributed by atoms with Crippen molar-refractivity contribution in [2.24, 2.45) is 5.92 Å². The summed E-state index contributed by atoms with van der Waals surface area (Å²) >= 11 is 0. The molecule has 0 radical (unpaired) electrons. The molecule has 0 saturated heterocycles. The molecule has 5 heteroatoms. The summed E-state index contributed by atoms with van der Waals surface area (Å²) in [4.78, 5) is 27.9. The summed E-state index contributed by atoms with van der Waals surface area (Å²) in [7, 11) is 0. The fraction of sp³-hybridized carbons (Fsp3) is 0.250. The van der Waals surface area contributed by atoms with Crippen molar-refractivity contribution in [3.05, 3.63) is 77.1 Å². The summed E-state index contributed by atoms with van der Waals surface area (Å²) in [5.74, 6) is -1.07. The van der Waals surface area contributed by atoms with Gasteiger partial charge in [0.2, 0.25) is 0 Å². The highest BCUT2D eigenvalue weighted by Gasteiger charge is 2.26. The summed E-state index contributed by atoms with van der Waals surface area (Å²) in [6.07, 6.45) is -0.878. The zero-order valence-electron chi connectivity index (χ0n) is 14.2. The van der Waals surface area contributed by atoms with E-state index in [2.05, 4.69) is 10.2 Å². The van der Waals surface area contributed by atoms with Crippen LogP contribution in [0.15, 0.2) is 54.6 Å². The molecule has 1 unspecified atom stereocenters. The van der Waals surface area contributed by atoms with Gasteiger partial charge in [-0.25, -0.2) is 9.64 Å². The molecule has 0 spiro atoms. The summed E-state index contributed by atoms with van der Waals surface area (Å²) < 4.78 is 5.39. The maximum atomic E-state index is 12.4. The number of carbonyl (C=O) groups excluding carboxylic acids is 2. The molecular formula is C20H20N2O3. The summed E-state index contributed by atoms with van der Waals surface area (Å²) in [5, 5.41) is 2.80. The number of rotatable bonds is 6. The Hall–Kier alpha value is -3.13. The molecule has 0 aliphatic heterocycles. The average Bonchev–Trinajstić information content (AvgIpc) is 2.64. The molecule has 1 atom stereocenters. The molecule has 2 aromatic carbocycles. The van der Waals surface area contributed by atoms with E-state index in [4.69, 9.17) is 11.3 Å². The molecule has 2 rings (SSSR count). The van der Waals surface area contributed by atoms with Crippen LogP contribution in [0.4, 0.5) is 5.69 Å². The predicted molar refractivity (Wildman–Crippen MR) is 95.0 cm³/mol. The van der Waals surface area contributed by atoms with E-state index in [1.165, 1.54) is 12.1 Å². The maximum Gasteiger partial charge on any atom is 0.338 e. The van der Waals surface area contributed by atoms with Crippen LogP contribution in [0.2, 0.25) is 0 Å². The Kier molecular flexibility index (Phi) is 6.30. The van der Waals surface area contributed by atoms with E-state index < -0.39 is 12.1 Å². The van der Waals surface area contributed by atoms with E-state index in [0.29, 0.717) is 17.8 Å². The Morgan fingerprint density at radius 1 is 1.08 bits per heavy atom. The Bertz CT molecular complexity index is 762.